The first-order chi connectivity index (χ1) is 14.7. The number of hydrogen-bond donors (Lipinski definition) is 1. The van der Waals surface area contributed by atoms with E-state index in [9.17, 15) is 4.79 Å². The number of aromatic nitrogens is 2. The van der Waals surface area contributed by atoms with Crippen LogP contribution in [0.1, 0.15) is 17.4 Å². The molecule has 0 bridgehead atoms. The Labute approximate surface area is 188 Å². The van der Waals surface area contributed by atoms with E-state index in [0.717, 1.165) is 13.8 Å². The molecule has 30 heavy (non-hydrogen) atoms. The van der Waals surface area contributed by atoms with Gasteiger partial charge in [0, 0.05) is 6.61 Å². The van der Waals surface area contributed by atoms with Gasteiger partial charge < -0.3 is 4.74 Å². The fraction of sp³-hybridized carbons (Fsp3) is 0.136. The number of amides is 1. The van der Waals surface area contributed by atoms with Crippen LogP contribution in [0.25, 0.3) is 10.2 Å². The van der Waals surface area contributed by atoms with Crippen LogP contribution in [0.15, 0.2) is 66.9 Å². The van der Waals surface area contributed by atoms with E-state index in [1.165, 1.54) is 14.9 Å². The number of halogens is 1. The summed E-state index contributed by atoms with van der Waals surface area (Å²) in [6.07, 6.45) is 1.79. The van der Waals surface area contributed by atoms with Crippen molar-refractivity contribution in [1.82, 2.24) is 9.97 Å². The van der Waals surface area contributed by atoms with E-state index < -0.39 is 0 Å². The van der Waals surface area contributed by atoms with Gasteiger partial charge in [0.05, 0.1) is 0 Å². The number of carbonyl (C=O) groups is 1. The van der Waals surface area contributed by atoms with Crippen molar-refractivity contribution in [3.8, 4) is 5.75 Å². The van der Waals surface area contributed by atoms with Crippen molar-refractivity contribution < 1.29 is 35.5 Å². The van der Waals surface area contributed by atoms with Crippen LogP contribution in [0.4, 0.5) is 5.13 Å². The molecule has 0 saturated heterocycles. The van der Waals surface area contributed by atoms with Crippen molar-refractivity contribution >= 4 is 32.6 Å². The molecule has 1 N–H and O–H groups in total. The van der Waals surface area contributed by atoms with Crippen molar-refractivity contribution in [1.29, 1.82) is 0 Å². The summed E-state index contributed by atoms with van der Waals surface area (Å²) in [5.41, 5.74) is 1.17. The van der Waals surface area contributed by atoms with Crippen LogP contribution in [0.5, 0.6) is 5.75 Å². The summed E-state index contributed by atoms with van der Waals surface area (Å²) in [6, 6.07) is 19.7. The fourth-order valence-corrected chi connectivity index (χ4v) is 5.59. The van der Waals surface area contributed by atoms with Gasteiger partial charge in [-0.15, -0.1) is 0 Å². The predicted octanol–water partition coefficient (Wildman–Crippen LogP) is 1.44. The minimum atomic E-state index is -0.302. The third-order valence-corrected chi connectivity index (χ3v) is 7.54. The van der Waals surface area contributed by atoms with Gasteiger partial charge in [-0.2, -0.15) is 0 Å². The molecule has 2 heterocycles. The molecule has 0 fully saturated rings. The molecule has 0 saturated carbocycles. The molecular formula is C22H19IN3O3S-. The number of nitrogens with one attached hydrogen (secondary N) is 1. The van der Waals surface area contributed by atoms with E-state index in [4.69, 9.17) is 9.47 Å². The second-order valence-electron chi connectivity index (χ2n) is 6.11. The summed E-state index contributed by atoms with van der Waals surface area (Å²) in [5.74, 6) is 0.433. The molecule has 0 aliphatic heterocycles. The molecule has 4 aromatic rings. The summed E-state index contributed by atoms with van der Waals surface area (Å²) >= 11 is 1.09. The molecule has 154 valence electrons. The van der Waals surface area contributed by atoms with Crippen molar-refractivity contribution in [3.05, 3.63) is 79.7 Å². The van der Waals surface area contributed by atoms with Crippen LogP contribution in [0.3, 0.4) is 0 Å². The van der Waals surface area contributed by atoms with Crippen LogP contribution in [0, 0.1) is 7.14 Å². The molecule has 6 nitrogen and oxygen atoms in total. The first-order valence-corrected chi connectivity index (χ1v) is 12.3. The molecule has 0 radical (unpaired) electrons. The van der Waals surface area contributed by atoms with Crippen LogP contribution in [0.2, 0.25) is 0 Å². The number of fused-ring (bicyclic) bond motifs is 1. The number of carbonyl (C=O) groups excluding carboxylic acids is 1. The molecule has 0 unspecified atom stereocenters. The molecule has 0 atom stereocenters. The van der Waals surface area contributed by atoms with E-state index in [0.29, 0.717) is 23.2 Å². The average molecular weight is 532 g/mol. The molecule has 8 heteroatoms. The Balaban J connectivity index is 1.41. The van der Waals surface area contributed by atoms with Gasteiger partial charge in [0.25, 0.3) is 0 Å². The summed E-state index contributed by atoms with van der Waals surface area (Å²) in [5, 5.41) is 3.37. The third kappa shape index (κ3) is 5.32. The number of benzene rings is 2. The average Bonchev–Trinajstić information content (AvgIpc) is 3.16. The molecular weight excluding hydrogens is 513 g/mol. The van der Waals surface area contributed by atoms with Crippen molar-refractivity contribution in [3.63, 3.8) is 0 Å². The number of nitrogens with zero attached hydrogens (tertiary/aromatic N) is 2. The molecule has 2 aromatic heterocycles. The van der Waals surface area contributed by atoms with Gasteiger partial charge in [0.2, 0.25) is 0 Å². The molecule has 2 aromatic carbocycles. The van der Waals surface area contributed by atoms with Crippen molar-refractivity contribution in [2.75, 3.05) is 18.7 Å². The van der Waals surface area contributed by atoms with E-state index >= 15 is 0 Å². The first kappa shape index (κ1) is 20.7. The maximum absolute atomic E-state index is 12.6. The first-order valence-electron chi connectivity index (χ1n) is 9.29. The summed E-state index contributed by atoms with van der Waals surface area (Å²) < 4.78 is 14.1. The van der Waals surface area contributed by atoms with Crippen LogP contribution < -0.4 is 31.3 Å². The summed E-state index contributed by atoms with van der Waals surface area (Å²) in [4.78, 5) is 21.4. The predicted molar refractivity (Wildman–Crippen MR) is 113 cm³/mol. The zero-order valence-corrected chi connectivity index (χ0v) is 19.1. The fourth-order valence-electron chi connectivity index (χ4n) is 2.57. The number of pyridine rings is 1. The number of anilines is 1. The Morgan fingerprint density at radius 1 is 1.10 bits per heavy atom. The van der Waals surface area contributed by atoms with Gasteiger partial charge in [0.15, 0.2) is 6.79 Å². The monoisotopic (exact) mass is 532 g/mol. The zero-order valence-electron chi connectivity index (χ0n) is 16.2. The molecule has 0 spiro atoms. The number of ether oxygens (including phenoxy) is 2. The molecule has 0 aliphatic carbocycles. The van der Waals surface area contributed by atoms with Gasteiger partial charge in [-0.3, -0.25) is 0 Å². The third-order valence-electron chi connectivity index (χ3n) is 4.00. The Morgan fingerprint density at radius 3 is 2.73 bits per heavy atom. The normalized spacial score (nSPS) is 11.0. The SMILES string of the molecule is CCOCOc1ccc2nc(NC(=O)c3ccc([I-]c4ccccc4)cn3)sc2c1. The Bertz CT molecular complexity index is 1130. The Morgan fingerprint density at radius 2 is 1.97 bits per heavy atom. The van der Waals surface area contributed by atoms with Crippen LogP contribution in [-0.2, 0) is 4.74 Å². The van der Waals surface area contributed by atoms with Crippen LogP contribution >= 0.6 is 11.3 Å². The van der Waals surface area contributed by atoms with Crippen molar-refractivity contribution in [2.45, 2.75) is 6.92 Å². The van der Waals surface area contributed by atoms with Gasteiger partial charge in [-0.05, 0) is 6.92 Å². The molecule has 0 aliphatic rings. The minimum absolute atomic E-state index is 0.207. The van der Waals surface area contributed by atoms with E-state index in [1.807, 2.05) is 49.4 Å². The standard InChI is InChI=1S/C22H19IN3O3S/c1-2-28-14-29-17-9-11-18-20(12-17)30-22(25-18)26-21(27)19-10-8-16(13-24-19)23-15-6-4-3-5-7-15/h3-13H,2,14H2,1H3,(H,25,26,27)/q-1. The van der Waals surface area contributed by atoms with Gasteiger partial charge in [-0.25, -0.2) is 0 Å². The molecule has 1 amide bonds. The Hall–Kier alpha value is -2.56. The molecule has 4 rings (SSSR count). The van der Waals surface area contributed by atoms with Crippen LogP contribution in [-0.4, -0.2) is 29.3 Å². The Kier molecular flexibility index (Phi) is 6.88. The van der Waals surface area contributed by atoms with E-state index in [1.54, 1.807) is 12.3 Å². The second kappa shape index (κ2) is 9.96. The van der Waals surface area contributed by atoms with Crippen molar-refractivity contribution in [2.24, 2.45) is 0 Å². The zero-order chi connectivity index (χ0) is 20.8. The number of hydrogen-bond acceptors (Lipinski definition) is 6. The quantitative estimate of drug-likeness (QED) is 0.211. The number of thiazole rings is 1. The van der Waals surface area contributed by atoms with Gasteiger partial charge in [0.1, 0.15) is 0 Å². The maximum atomic E-state index is 12.6. The second-order valence-corrected chi connectivity index (χ2v) is 10.2. The van der Waals surface area contributed by atoms with Gasteiger partial charge in [-0.1, -0.05) is 0 Å². The topological polar surface area (TPSA) is 73.3 Å². The van der Waals surface area contributed by atoms with E-state index in [2.05, 4.69) is 27.4 Å². The summed E-state index contributed by atoms with van der Waals surface area (Å²) in [6.45, 7) is 2.72. The number of rotatable bonds is 8. The summed E-state index contributed by atoms with van der Waals surface area (Å²) in [7, 11) is 0. The van der Waals surface area contributed by atoms with Gasteiger partial charge >= 0.3 is 164 Å². The van der Waals surface area contributed by atoms with E-state index in [-0.39, 0.29) is 33.9 Å².